The number of carboxylic acids is 1. The van der Waals surface area contributed by atoms with E-state index in [1.807, 2.05) is 0 Å². The standard InChI is InChI=1S/C12H6BrNO3S/c13-8-2-1-7(6-14)10(5-8)18-11-4-3-9(17-11)12(15)16/h1-5H,(H,15,16). The summed E-state index contributed by atoms with van der Waals surface area (Å²) in [5.41, 5.74) is 0.511. The van der Waals surface area contributed by atoms with Crippen LogP contribution in [0.2, 0.25) is 0 Å². The number of hydrogen-bond acceptors (Lipinski definition) is 4. The van der Waals surface area contributed by atoms with Crippen molar-refractivity contribution >= 4 is 33.7 Å². The zero-order valence-corrected chi connectivity index (χ0v) is 11.3. The van der Waals surface area contributed by atoms with Gasteiger partial charge in [0.05, 0.1) is 5.56 Å². The Balaban J connectivity index is 2.30. The number of hydrogen-bond donors (Lipinski definition) is 1. The highest BCUT2D eigenvalue weighted by atomic mass is 79.9. The van der Waals surface area contributed by atoms with E-state index >= 15 is 0 Å². The number of halogens is 1. The Labute approximate surface area is 115 Å². The van der Waals surface area contributed by atoms with Gasteiger partial charge in [-0.25, -0.2) is 4.79 Å². The summed E-state index contributed by atoms with van der Waals surface area (Å²) in [5.74, 6) is -1.23. The minimum Gasteiger partial charge on any atom is -0.475 e. The first-order chi connectivity index (χ1) is 8.60. The fourth-order valence-corrected chi connectivity index (χ4v) is 2.68. The highest BCUT2D eigenvalue weighted by molar-refractivity contribution is 9.10. The normalized spacial score (nSPS) is 10.0. The van der Waals surface area contributed by atoms with E-state index < -0.39 is 5.97 Å². The molecule has 0 aliphatic carbocycles. The van der Waals surface area contributed by atoms with Crippen molar-refractivity contribution in [2.24, 2.45) is 0 Å². The van der Waals surface area contributed by atoms with Gasteiger partial charge in [0.2, 0.25) is 5.76 Å². The van der Waals surface area contributed by atoms with Gasteiger partial charge < -0.3 is 9.52 Å². The van der Waals surface area contributed by atoms with E-state index in [0.29, 0.717) is 15.6 Å². The monoisotopic (exact) mass is 323 g/mol. The molecule has 0 saturated carbocycles. The number of nitriles is 1. The molecule has 0 bridgehead atoms. The summed E-state index contributed by atoms with van der Waals surface area (Å²) >= 11 is 4.53. The first-order valence-electron chi connectivity index (χ1n) is 4.81. The Morgan fingerprint density at radius 2 is 2.17 bits per heavy atom. The van der Waals surface area contributed by atoms with E-state index in [0.717, 1.165) is 4.47 Å². The lowest BCUT2D eigenvalue weighted by atomic mass is 10.2. The fourth-order valence-electron chi connectivity index (χ4n) is 1.27. The molecule has 1 heterocycles. The maximum atomic E-state index is 10.7. The van der Waals surface area contributed by atoms with Crippen molar-refractivity contribution in [1.29, 1.82) is 5.26 Å². The van der Waals surface area contributed by atoms with Gasteiger partial charge in [-0.3, -0.25) is 0 Å². The zero-order chi connectivity index (χ0) is 13.1. The van der Waals surface area contributed by atoms with Gasteiger partial charge in [0.1, 0.15) is 6.07 Å². The Hall–Kier alpha value is -1.71. The predicted molar refractivity (Wildman–Crippen MR) is 68.6 cm³/mol. The molecule has 0 spiro atoms. The van der Waals surface area contributed by atoms with Crippen LogP contribution in [0.3, 0.4) is 0 Å². The van der Waals surface area contributed by atoms with Gasteiger partial charge in [0.25, 0.3) is 0 Å². The molecule has 0 unspecified atom stereocenters. The van der Waals surface area contributed by atoms with Crippen molar-refractivity contribution in [2.45, 2.75) is 9.99 Å². The Morgan fingerprint density at radius 3 is 2.78 bits per heavy atom. The number of benzene rings is 1. The number of rotatable bonds is 3. The Kier molecular flexibility index (Phi) is 3.75. The van der Waals surface area contributed by atoms with Gasteiger partial charge in [-0.05, 0) is 30.3 Å². The van der Waals surface area contributed by atoms with Crippen molar-refractivity contribution in [1.82, 2.24) is 0 Å². The highest BCUT2D eigenvalue weighted by Crippen LogP contribution is 2.33. The van der Waals surface area contributed by atoms with Crippen LogP contribution >= 0.6 is 27.7 Å². The summed E-state index contributed by atoms with van der Waals surface area (Å²) in [6.45, 7) is 0. The van der Waals surface area contributed by atoms with Crippen molar-refractivity contribution in [3.63, 3.8) is 0 Å². The highest BCUT2D eigenvalue weighted by Gasteiger charge is 2.12. The molecule has 0 aliphatic heterocycles. The molecule has 2 rings (SSSR count). The van der Waals surface area contributed by atoms with Crippen LogP contribution in [0.5, 0.6) is 0 Å². The number of nitrogens with zero attached hydrogens (tertiary/aromatic N) is 1. The molecule has 4 nitrogen and oxygen atoms in total. The molecule has 90 valence electrons. The maximum absolute atomic E-state index is 10.7. The average molecular weight is 324 g/mol. The molecule has 2 aromatic rings. The van der Waals surface area contributed by atoms with Crippen LogP contribution in [-0.2, 0) is 0 Å². The number of aromatic carboxylic acids is 1. The minimum atomic E-state index is -1.11. The second-order valence-electron chi connectivity index (χ2n) is 3.28. The van der Waals surface area contributed by atoms with Gasteiger partial charge in [0.15, 0.2) is 5.09 Å². The van der Waals surface area contributed by atoms with Gasteiger partial charge in [-0.15, -0.1) is 0 Å². The zero-order valence-electron chi connectivity index (χ0n) is 8.88. The third-order valence-corrected chi connectivity index (χ3v) is 3.54. The van der Waals surface area contributed by atoms with E-state index in [2.05, 4.69) is 22.0 Å². The SMILES string of the molecule is N#Cc1ccc(Br)cc1Sc1ccc(C(=O)O)o1. The molecule has 0 aliphatic rings. The van der Waals surface area contributed by atoms with E-state index in [-0.39, 0.29) is 5.76 Å². The largest absolute Gasteiger partial charge is 0.475 e. The smallest absolute Gasteiger partial charge is 0.371 e. The van der Waals surface area contributed by atoms with Gasteiger partial charge >= 0.3 is 5.97 Å². The summed E-state index contributed by atoms with van der Waals surface area (Å²) < 4.78 is 5.97. The lowest BCUT2D eigenvalue weighted by Crippen LogP contribution is -1.91. The molecular formula is C12H6BrNO3S. The number of carboxylic acid groups (broad SMARTS) is 1. The quantitative estimate of drug-likeness (QED) is 0.930. The molecule has 6 heteroatoms. The van der Waals surface area contributed by atoms with Gasteiger partial charge in [0, 0.05) is 9.37 Å². The van der Waals surface area contributed by atoms with E-state index in [4.69, 9.17) is 14.8 Å². The Morgan fingerprint density at radius 1 is 1.39 bits per heavy atom. The molecular weight excluding hydrogens is 318 g/mol. The summed E-state index contributed by atoms with van der Waals surface area (Å²) in [7, 11) is 0. The fraction of sp³-hybridized carbons (Fsp3) is 0. The molecule has 0 saturated heterocycles. The Bertz CT molecular complexity index is 645. The van der Waals surface area contributed by atoms with Crippen LogP contribution in [-0.4, -0.2) is 11.1 Å². The summed E-state index contributed by atoms with van der Waals surface area (Å²) in [6.07, 6.45) is 0. The molecule has 0 radical (unpaired) electrons. The van der Waals surface area contributed by atoms with Crippen molar-refractivity contribution in [3.8, 4) is 6.07 Å². The second-order valence-corrected chi connectivity index (χ2v) is 5.24. The summed E-state index contributed by atoms with van der Waals surface area (Å²) in [6, 6.07) is 10.3. The van der Waals surface area contributed by atoms with Crippen LogP contribution in [0.15, 0.2) is 49.2 Å². The van der Waals surface area contributed by atoms with Crippen LogP contribution in [0.4, 0.5) is 0 Å². The maximum Gasteiger partial charge on any atom is 0.371 e. The number of furan rings is 1. The lowest BCUT2D eigenvalue weighted by Gasteiger charge is -2.01. The van der Waals surface area contributed by atoms with Gasteiger partial charge in [-0.2, -0.15) is 5.26 Å². The van der Waals surface area contributed by atoms with Crippen molar-refractivity contribution < 1.29 is 14.3 Å². The van der Waals surface area contributed by atoms with Gasteiger partial charge in [-0.1, -0.05) is 27.7 Å². The summed E-state index contributed by atoms with van der Waals surface area (Å²) in [5, 5.41) is 18.2. The molecule has 0 fully saturated rings. The van der Waals surface area contributed by atoms with Crippen LogP contribution < -0.4 is 0 Å². The lowest BCUT2D eigenvalue weighted by molar-refractivity contribution is 0.0656. The van der Waals surface area contributed by atoms with E-state index in [1.54, 1.807) is 24.3 Å². The topological polar surface area (TPSA) is 74.2 Å². The molecule has 18 heavy (non-hydrogen) atoms. The third kappa shape index (κ3) is 2.75. The molecule has 0 amide bonds. The van der Waals surface area contributed by atoms with Crippen LogP contribution in [0.25, 0.3) is 0 Å². The van der Waals surface area contributed by atoms with Crippen molar-refractivity contribution in [2.75, 3.05) is 0 Å². The van der Waals surface area contributed by atoms with E-state index in [1.165, 1.54) is 17.8 Å². The second kappa shape index (κ2) is 5.29. The first-order valence-corrected chi connectivity index (χ1v) is 6.42. The molecule has 0 atom stereocenters. The molecule has 1 aromatic carbocycles. The van der Waals surface area contributed by atoms with Crippen LogP contribution in [0.1, 0.15) is 16.1 Å². The number of carbonyl (C=O) groups is 1. The third-order valence-electron chi connectivity index (χ3n) is 2.07. The predicted octanol–water partition coefficient (Wildman–Crippen LogP) is 3.76. The van der Waals surface area contributed by atoms with Crippen molar-refractivity contribution in [3.05, 3.63) is 46.1 Å². The molecule has 1 N–H and O–H groups in total. The minimum absolute atomic E-state index is 0.119. The molecule has 1 aromatic heterocycles. The summed E-state index contributed by atoms with van der Waals surface area (Å²) in [4.78, 5) is 11.4. The van der Waals surface area contributed by atoms with Crippen LogP contribution in [0, 0.1) is 11.3 Å². The average Bonchev–Trinajstić information content (AvgIpc) is 2.78. The first kappa shape index (κ1) is 12.7. The van der Waals surface area contributed by atoms with E-state index in [9.17, 15) is 4.79 Å².